The van der Waals surface area contributed by atoms with Crippen LogP contribution in [-0.2, 0) is 10.0 Å². The number of halogens is 1. The molecule has 4 rings (SSSR count). The van der Waals surface area contributed by atoms with Crippen molar-refractivity contribution in [2.24, 2.45) is 5.92 Å². The lowest BCUT2D eigenvalue weighted by Crippen LogP contribution is -2.39. The van der Waals surface area contributed by atoms with Gasteiger partial charge in [-0.25, -0.2) is 13.4 Å². The van der Waals surface area contributed by atoms with Gasteiger partial charge in [0.2, 0.25) is 10.0 Å². The maximum absolute atomic E-state index is 13.7. The first kappa shape index (κ1) is 29.5. The monoisotopic (exact) mass is 564 g/mol. The van der Waals surface area contributed by atoms with Crippen LogP contribution < -0.4 is 4.90 Å². The standard InChI is InChI=1S/C27H36N4O3S2.ClH/c1-19-8-6-16-30(18-19)36(33,34)23-12-10-22(11-13-23)26(32)31(17-7-15-29(4)5)27-28-25-21(3)20(2)9-14-24(25)35-27;/h9-14,19H,6-8,15-18H2,1-5H3;1H. The van der Waals surface area contributed by atoms with E-state index in [1.807, 2.05) is 14.1 Å². The minimum Gasteiger partial charge on any atom is -0.309 e. The fraction of sp³-hybridized carbons (Fsp3) is 0.481. The first-order valence-electron chi connectivity index (χ1n) is 12.5. The summed E-state index contributed by atoms with van der Waals surface area (Å²) in [5.74, 6) is 0.184. The molecule has 37 heavy (non-hydrogen) atoms. The zero-order valence-electron chi connectivity index (χ0n) is 22.2. The Hall–Kier alpha value is -2.04. The third-order valence-corrected chi connectivity index (χ3v) is 9.82. The third kappa shape index (κ3) is 6.52. The fourth-order valence-corrected chi connectivity index (χ4v) is 7.25. The molecule has 2 heterocycles. The number of hydrogen-bond acceptors (Lipinski definition) is 6. The predicted octanol–water partition coefficient (Wildman–Crippen LogP) is 5.35. The second-order valence-electron chi connectivity index (χ2n) is 10.1. The molecule has 1 saturated heterocycles. The molecule has 2 aromatic carbocycles. The van der Waals surface area contributed by atoms with Crippen LogP contribution in [-0.4, -0.2) is 68.8 Å². The number of carbonyl (C=O) groups is 1. The maximum atomic E-state index is 13.7. The van der Waals surface area contributed by atoms with Gasteiger partial charge in [-0.2, -0.15) is 4.31 Å². The van der Waals surface area contributed by atoms with E-state index < -0.39 is 10.0 Å². The van der Waals surface area contributed by atoms with Crippen LogP contribution in [0.5, 0.6) is 0 Å². The van der Waals surface area contributed by atoms with Crippen LogP contribution in [0, 0.1) is 19.8 Å². The first-order chi connectivity index (χ1) is 17.1. The summed E-state index contributed by atoms with van der Waals surface area (Å²) >= 11 is 1.51. The van der Waals surface area contributed by atoms with E-state index in [0.717, 1.165) is 41.6 Å². The van der Waals surface area contributed by atoms with Gasteiger partial charge in [0, 0.05) is 25.2 Å². The Morgan fingerprint density at radius 3 is 2.46 bits per heavy atom. The second-order valence-corrected chi connectivity index (χ2v) is 13.0. The lowest BCUT2D eigenvalue weighted by atomic mass is 10.0. The summed E-state index contributed by atoms with van der Waals surface area (Å²) in [6.45, 7) is 8.66. The number of aryl methyl sites for hydroxylation is 2. The van der Waals surface area contributed by atoms with E-state index in [-0.39, 0.29) is 23.2 Å². The van der Waals surface area contributed by atoms with E-state index in [0.29, 0.717) is 36.2 Å². The van der Waals surface area contributed by atoms with E-state index in [1.54, 1.807) is 33.5 Å². The normalized spacial score (nSPS) is 16.6. The molecule has 0 radical (unpaired) electrons. The molecule has 1 amide bonds. The summed E-state index contributed by atoms with van der Waals surface area (Å²) < 4.78 is 28.9. The van der Waals surface area contributed by atoms with Gasteiger partial charge in [0.25, 0.3) is 5.91 Å². The molecule has 0 spiro atoms. The summed E-state index contributed by atoms with van der Waals surface area (Å²) in [7, 11) is 0.457. The summed E-state index contributed by atoms with van der Waals surface area (Å²) in [5.41, 5.74) is 3.68. The van der Waals surface area contributed by atoms with Crippen molar-refractivity contribution in [3.05, 3.63) is 53.1 Å². The lowest BCUT2D eigenvalue weighted by Gasteiger charge is -2.30. The molecule has 3 aromatic rings. The highest BCUT2D eigenvalue weighted by molar-refractivity contribution is 7.89. The summed E-state index contributed by atoms with van der Waals surface area (Å²) in [6.07, 6.45) is 2.72. The number of carbonyl (C=O) groups excluding carboxylic acids is 1. The van der Waals surface area contributed by atoms with Gasteiger partial charge in [0.1, 0.15) is 0 Å². The van der Waals surface area contributed by atoms with Crippen molar-refractivity contribution in [2.45, 2.75) is 44.9 Å². The van der Waals surface area contributed by atoms with Crippen LogP contribution in [0.3, 0.4) is 0 Å². The molecule has 1 fully saturated rings. The van der Waals surface area contributed by atoms with Crippen molar-refractivity contribution in [1.82, 2.24) is 14.2 Å². The highest BCUT2D eigenvalue weighted by Crippen LogP contribution is 2.33. The Morgan fingerprint density at radius 1 is 1.11 bits per heavy atom. The highest BCUT2D eigenvalue weighted by atomic mass is 35.5. The van der Waals surface area contributed by atoms with E-state index in [1.165, 1.54) is 16.9 Å². The van der Waals surface area contributed by atoms with E-state index in [9.17, 15) is 13.2 Å². The number of sulfonamides is 1. The van der Waals surface area contributed by atoms with Crippen LogP contribution in [0.25, 0.3) is 10.2 Å². The zero-order chi connectivity index (χ0) is 26.0. The molecule has 10 heteroatoms. The molecule has 1 aliphatic rings. The van der Waals surface area contributed by atoms with Gasteiger partial charge in [-0.05, 0) is 101 Å². The minimum atomic E-state index is -3.57. The summed E-state index contributed by atoms with van der Waals surface area (Å²) in [6, 6.07) is 10.5. The minimum absolute atomic E-state index is 0. The number of hydrogen-bond donors (Lipinski definition) is 0. The zero-order valence-corrected chi connectivity index (χ0v) is 24.7. The van der Waals surface area contributed by atoms with Crippen molar-refractivity contribution in [2.75, 3.05) is 45.2 Å². The molecule has 1 aromatic heterocycles. The SMILES string of the molecule is Cc1ccc2sc(N(CCCN(C)C)C(=O)c3ccc(S(=O)(=O)N4CCCC(C)C4)cc3)nc2c1C.Cl. The van der Waals surface area contributed by atoms with Gasteiger partial charge in [-0.15, -0.1) is 12.4 Å². The number of piperidine rings is 1. The van der Waals surface area contributed by atoms with E-state index >= 15 is 0 Å². The van der Waals surface area contributed by atoms with Gasteiger partial charge >= 0.3 is 0 Å². The van der Waals surface area contributed by atoms with Crippen molar-refractivity contribution in [3.63, 3.8) is 0 Å². The van der Waals surface area contributed by atoms with Crippen LogP contribution in [0.1, 0.15) is 47.7 Å². The summed E-state index contributed by atoms with van der Waals surface area (Å²) in [5, 5.41) is 0.668. The predicted molar refractivity (Wildman–Crippen MR) is 155 cm³/mol. The average molecular weight is 565 g/mol. The fourth-order valence-electron chi connectivity index (χ4n) is 4.60. The first-order valence-corrected chi connectivity index (χ1v) is 14.8. The van der Waals surface area contributed by atoms with Crippen molar-refractivity contribution < 1.29 is 13.2 Å². The van der Waals surface area contributed by atoms with Crippen molar-refractivity contribution >= 4 is 55.0 Å². The molecule has 1 unspecified atom stereocenters. The molecule has 0 bridgehead atoms. The number of fused-ring (bicyclic) bond motifs is 1. The average Bonchev–Trinajstić information content (AvgIpc) is 3.28. The molecular weight excluding hydrogens is 528 g/mol. The topological polar surface area (TPSA) is 73.8 Å². The number of thiazole rings is 1. The Bertz CT molecular complexity index is 1340. The van der Waals surface area contributed by atoms with E-state index in [2.05, 4.69) is 37.8 Å². The Kier molecular flexibility index (Phi) is 9.74. The molecular formula is C27H37ClN4O3S2. The van der Waals surface area contributed by atoms with E-state index in [4.69, 9.17) is 4.98 Å². The number of amides is 1. The molecule has 0 saturated carbocycles. The molecule has 202 valence electrons. The molecule has 7 nitrogen and oxygen atoms in total. The van der Waals surface area contributed by atoms with Gasteiger partial charge in [-0.3, -0.25) is 9.69 Å². The van der Waals surface area contributed by atoms with Gasteiger partial charge in [-0.1, -0.05) is 24.3 Å². The summed E-state index contributed by atoms with van der Waals surface area (Å²) in [4.78, 5) is 22.6. The quantitative estimate of drug-likeness (QED) is 0.368. The molecule has 0 N–H and O–H groups in total. The number of rotatable bonds is 8. The van der Waals surface area contributed by atoms with Gasteiger partial charge < -0.3 is 4.90 Å². The Morgan fingerprint density at radius 2 is 1.81 bits per heavy atom. The Balaban J connectivity index is 0.00000380. The molecule has 1 atom stereocenters. The largest absolute Gasteiger partial charge is 0.309 e. The van der Waals surface area contributed by atoms with Crippen LogP contribution in [0.4, 0.5) is 5.13 Å². The van der Waals surface area contributed by atoms with Gasteiger partial charge in [0.05, 0.1) is 15.1 Å². The highest BCUT2D eigenvalue weighted by Gasteiger charge is 2.29. The third-order valence-electron chi connectivity index (χ3n) is 6.90. The lowest BCUT2D eigenvalue weighted by molar-refractivity contribution is 0.0986. The van der Waals surface area contributed by atoms with Crippen LogP contribution in [0.15, 0.2) is 41.3 Å². The number of anilines is 1. The Labute approximate surface area is 230 Å². The number of nitrogens with zero attached hydrogens (tertiary/aromatic N) is 4. The maximum Gasteiger partial charge on any atom is 0.260 e. The van der Waals surface area contributed by atoms with Crippen LogP contribution in [0.2, 0.25) is 0 Å². The smallest absolute Gasteiger partial charge is 0.260 e. The van der Waals surface area contributed by atoms with Crippen molar-refractivity contribution in [3.8, 4) is 0 Å². The van der Waals surface area contributed by atoms with Crippen LogP contribution >= 0.6 is 23.7 Å². The number of aromatic nitrogens is 1. The number of benzene rings is 2. The molecule has 1 aliphatic heterocycles. The van der Waals surface area contributed by atoms with Crippen molar-refractivity contribution in [1.29, 1.82) is 0 Å². The second kappa shape index (κ2) is 12.2. The molecule has 0 aliphatic carbocycles. The van der Waals surface area contributed by atoms with Gasteiger partial charge in [0.15, 0.2) is 5.13 Å².